The molecule has 120 valence electrons. The molecule has 2 aliphatic rings. The zero-order valence-corrected chi connectivity index (χ0v) is 12.1. The third kappa shape index (κ3) is 2.34. The van der Waals surface area contributed by atoms with Gasteiger partial charge in [0, 0.05) is 25.5 Å². The molecule has 1 aliphatic heterocycles. The zero-order chi connectivity index (χ0) is 16.2. The van der Waals surface area contributed by atoms with Gasteiger partial charge in [-0.25, -0.2) is 18.6 Å². The summed E-state index contributed by atoms with van der Waals surface area (Å²) in [5, 5.41) is 12.8. The van der Waals surface area contributed by atoms with Gasteiger partial charge in [-0.15, -0.1) is 0 Å². The highest BCUT2D eigenvalue weighted by Gasteiger charge is 2.71. The molecule has 4 rings (SSSR count). The van der Waals surface area contributed by atoms with Crippen LogP contribution in [0, 0.1) is 11.8 Å². The van der Waals surface area contributed by atoms with Gasteiger partial charge in [0.25, 0.3) is 5.92 Å². The topological polar surface area (TPSA) is 71.2 Å². The van der Waals surface area contributed by atoms with Crippen LogP contribution in [0.4, 0.5) is 14.6 Å². The van der Waals surface area contributed by atoms with Crippen molar-refractivity contribution >= 4 is 11.8 Å². The van der Waals surface area contributed by atoms with Gasteiger partial charge in [0.15, 0.2) is 0 Å². The molecular weight excluding hydrogens is 306 g/mol. The van der Waals surface area contributed by atoms with Gasteiger partial charge in [0.2, 0.25) is 0 Å². The molecule has 1 aliphatic carbocycles. The van der Waals surface area contributed by atoms with E-state index in [1.54, 1.807) is 12.3 Å². The molecule has 1 saturated carbocycles. The number of aromatic nitrogens is 3. The first-order chi connectivity index (χ1) is 10.9. The number of halogens is 2. The van der Waals surface area contributed by atoms with E-state index in [9.17, 15) is 13.6 Å². The number of rotatable bonds is 4. The van der Waals surface area contributed by atoms with Crippen molar-refractivity contribution in [2.45, 2.75) is 12.5 Å². The van der Waals surface area contributed by atoms with Crippen LogP contribution < -0.4 is 4.90 Å². The molecule has 2 atom stereocenters. The fraction of sp³-hybridized carbons (Fsp3) is 0.400. The maximum atomic E-state index is 13.2. The Labute approximate surface area is 130 Å². The van der Waals surface area contributed by atoms with E-state index in [0.29, 0.717) is 25.5 Å². The standard InChI is InChI=1S/C15H14F2N4O2/c16-15(17)11-7-20(8-12(11)15)13-2-1-9(3-18-13)5-21-6-10(4-19-21)14(22)23/h1-4,6,11-12H,5,7-8H2,(H,22,23). The number of nitrogens with zero attached hydrogens (tertiary/aromatic N) is 4. The summed E-state index contributed by atoms with van der Waals surface area (Å²) < 4.78 is 27.9. The van der Waals surface area contributed by atoms with Gasteiger partial charge in [-0.05, 0) is 11.6 Å². The van der Waals surface area contributed by atoms with Gasteiger partial charge >= 0.3 is 5.97 Å². The minimum atomic E-state index is -2.49. The van der Waals surface area contributed by atoms with E-state index in [4.69, 9.17) is 5.11 Å². The lowest BCUT2D eigenvalue weighted by atomic mass is 10.2. The third-order valence-corrected chi connectivity index (χ3v) is 4.56. The minimum Gasteiger partial charge on any atom is -0.478 e. The van der Waals surface area contributed by atoms with Crippen LogP contribution in [0.3, 0.4) is 0 Å². The molecule has 0 amide bonds. The van der Waals surface area contributed by atoms with Crippen molar-refractivity contribution in [3.63, 3.8) is 0 Å². The van der Waals surface area contributed by atoms with E-state index < -0.39 is 23.7 Å². The Kier molecular flexibility index (Phi) is 2.91. The molecule has 2 aromatic rings. The van der Waals surface area contributed by atoms with E-state index in [2.05, 4.69) is 10.1 Å². The highest BCUT2D eigenvalue weighted by molar-refractivity contribution is 5.86. The van der Waals surface area contributed by atoms with E-state index in [-0.39, 0.29) is 5.56 Å². The highest BCUT2D eigenvalue weighted by atomic mass is 19.3. The van der Waals surface area contributed by atoms with Crippen molar-refractivity contribution in [2.75, 3.05) is 18.0 Å². The first-order valence-corrected chi connectivity index (χ1v) is 7.28. The number of hydrogen-bond donors (Lipinski definition) is 1. The first kappa shape index (κ1) is 14.1. The predicted molar refractivity (Wildman–Crippen MR) is 76.7 cm³/mol. The van der Waals surface area contributed by atoms with Gasteiger partial charge in [-0.2, -0.15) is 5.10 Å². The maximum Gasteiger partial charge on any atom is 0.338 e. The van der Waals surface area contributed by atoms with Crippen LogP contribution in [-0.4, -0.2) is 44.9 Å². The molecular formula is C15H14F2N4O2. The van der Waals surface area contributed by atoms with E-state index in [1.165, 1.54) is 17.1 Å². The van der Waals surface area contributed by atoms with Crippen LogP contribution in [0.5, 0.6) is 0 Å². The number of alkyl halides is 2. The minimum absolute atomic E-state index is 0.131. The molecule has 0 radical (unpaired) electrons. The van der Waals surface area contributed by atoms with Crippen LogP contribution in [0.1, 0.15) is 15.9 Å². The van der Waals surface area contributed by atoms with Crippen molar-refractivity contribution < 1.29 is 18.7 Å². The van der Waals surface area contributed by atoms with Crippen LogP contribution in [0.25, 0.3) is 0 Å². The Morgan fingerprint density at radius 2 is 2.04 bits per heavy atom. The predicted octanol–water partition coefficient (Wildman–Crippen LogP) is 1.73. The summed E-state index contributed by atoms with van der Waals surface area (Å²) in [4.78, 5) is 17.0. The van der Waals surface area contributed by atoms with Gasteiger partial charge in [-0.3, -0.25) is 4.68 Å². The quantitative estimate of drug-likeness (QED) is 0.929. The molecule has 3 heterocycles. The summed E-state index contributed by atoms with van der Waals surface area (Å²) >= 11 is 0. The number of carboxylic acids is 1. The Morgan fingerprint density at radius 3 is 2.61 bits per heavy atom. The van der Waals surface area contributed by atoms with E-state index >= 15 is 0 Å². The Hall–Kier alpha value is -2.51. The fourth-order valence-corrected chi connectivity index (χ4v) is 3.14. The molecule has 6 nitrogen and oxygen atoms in total. The van der Waals surface area contributed by atoms with Crippen molar-refractivity contribution in [1.82, 2.24) is 14.8 Å². The van der Waals surface area contributed by atoms with Gasteiger partial charge in [0.05, 0.1) is 30.1 Å². The van der Waals surface area contributed by atoms with Crippen molar-refractivity contribution in [2.24, 2.45) is 11.8 Å². The number of fused-ring (bicyclic) bond motifs is 1. The molecule has 8 heteroatoms. The molecule has 1 N–H and O–H groups in total. The third-order valence-electron chi connectivity index (χ3n) is 4.56. The van der Waals surface area contributed by atoms with Gasteiger partial charge in [-0.1, -0.05) is 6.07 Å². The SMILES string of the molecule is O=C(O)c1cnn(Cc2ccc(N3CC4C(C3)C4(F)F)nc2)c1. The molecule has 2 fully saturated rings. The zero-order valence-electron chi connectivity index (χ0n) is 12.1. The maximum absolute atomic E-state index is 13.2. The van der Waals surface area contributed by atoms with Crippen LogP contribution in [-0.2, 0) is 6.54 Å². The summed E-state index contributed by atoms with van der Waals surface area (Å²) in [5.74, 6) is -3.86. The van der Waals surface area contributed by atoms with Gasteiger partial charge in [0.1, 0.15) is 5.82 Å². The summed E-state index contributed by atoms with van der Waals surface area (Å²) in [5.41, 5.74) is 0.996. The number of carboxylic acid groups (broad SMARTS) is 1. The molecule has 2 unspecified atom stereocenters. The Morgan fingerprint density at radius 1 is 1.30 bits per heavy atom. The second-order valence-electron chi connectivity index (χ2n) is 6.05. The summed E-state index contributed by atoms with van der Waals surface area (Å²) in [6, 6.07) is 3.66. The lowest BCUT2D eigenvalue weighted by Crippen LogP contribution is -2.28. The van der Waals surface area contributed by atoms with E-state index in [0.717, 1.165) is 5.56 Å². The molecule has 1 saturated heterocycles. The summed E-state index contributed by atoms with van der Waals surface area (Å²) in [6.07, 6.45) is 4.41. The van der Waals surface area contributed by atoms with Crippen molar-refractivity contribution in [3.8, 4) is 0 Å². The molecule has 23 heavy (non-hydrogen) atoms. The smallest absolute Gasteiger partial charge is 0.338 e. The number of carbonyl (C=O) groups is 1. The van der Waals surface area contributed by atoms with Crippen LogP contribution in [0.15, 0.2) is 30.7 Å². The molecule has 0 aromatic carbocycles. The number of aromatic carboxylic acids is 1. The van der Waals surface area contributed by atoms with Crippen LogP contribution in [0.2, 0.25) is 0 Å². The highest BCUT2D eigenvalue weighted by Crippen LogP contribution is 2.59. The normalized spacial score (nSPS) is 24.5. The second-order valence-corrected chi connectivity index (χ2v) is 6.05. The summed E-state index contributed by atoms with van der Waals surface area (Å²) in [6.45, 7) is 1.11. The number of pyridine rings is 1. The molecule has 0 bridgehead atoms. The molecule has 2 aromatic heterocycles. The lowest BCUT2D eigenvalue weighted by molar-refractivity contribution is 0.0696. The van der Waals surface area contributed by atoms with Crippen LogP contribution >= 0.6 is 0 Å². The van der Waals surface area contributed by atoms with Crippen molar-refractivity contribution in [3.05, 3.63) is 41.9 Å². The average molecular weight is 320 g/mol. The number of anilines is 1. The monoisotopic (exact) mass is 320 g/mol. The Balaban J connectivity index is 1.41. The second kappa shape index (κ2) is 4.74. The number of hydrogen-bond acceptors (Lipinski definition) is 4. The van der Waals surface area contributed by atoms with Gasteiger partial charge < -0.3 is 10.0 Å². The number of piperidine rings is 1. The average Bonchev–Trinajstić information content (AvgIpc) is 2.99. The largest absolute Gasteiger partial charge is 0.478 e. The fourth-order valence-electron chi connectivity index (χ4n) is 3.14. The summed E-state index contributed by atoms with van der Waals surface area (Å²) in [7, 11) is 0. The Bertz CT molecular complexity index is 745. The van der Waals surface area contributed by atoms with E-state index in [1.807, 2.05) is 11.0 Å². The van der Waals surface area contributed by atoms with Crippen molar-refractivity contribution in [1.29, 1.82) is 0 Å². The first-order valence-electron chi connectivity index (χ1n) is 7.28. The lowest BCUT2D eigenvalue weighted by Gasteiger charge is -2.20. The molecule has 0 spiro atoms.